The highest BCUT2D eigenvalue weighted by molar-refractivity contribution is 7.89. The molecule has 128 valence electrons. The van der Waals surface area contributed by atoms with Crippen LogP contribution in [0.4, 0.5) is 0 Å². The maximum atomic E-state index is 13.2. The molecule has 1 aliphatic rings. The van der Waals surface area contributed by atoms with E-state index in [1.807, 2.05) is 13.8 Å². The van der Waals surface area contributed by atoms with Crippen molar-refractivity contribution >= 4 is 16.0 Å². The van der Waals surface area contributed by atoms with Gasteiger partial charge in [-0.1, -0.05) is 18.6 Å². The molecule has 1 aromatic rings. The molecular weight excluding hydrogens is 316 g/mol. The van der Waals surface area contributed by atoms with E-state index >= 15 is 0 Å². The van der Waals surface area contributed by atoms with Crippen molar-refractivity contribution < 1.29 is 17.9 Å². The zero-order valence-electron chi connectivity index (χ0n) is 13.8. The lowest BCUT2D eigenvalue weighted by Gasteiger charge is -2.28. The van der Waals surface area contributed by atoms with E-state index in [0.717, 1.165) is 24.9 Å². The molecule has 1 aliphatic heterocycles. The Balaban J connectivity index is 2.50. The molecule has 2 rings (SSSR count). The summed E-state index contributed by atoms with van der Waals surface area (Å²) in [5.41, 5.74) is 0.911. The number of esters is 1. The number of hydrogen-bond donors (Lipinski definition) is 1. The smallest absolute Gasteiger partial charge is 0.339 e. The molecule has 0 aliphatic carbocycles. The van der Waals surface area contributed by atoms with E-state index in [2.05, 4.69) is 5.32 Å². The second-order valence-electron chi connectivity index (χ2n) is 5.75. The normalized spacial score (nSPS) is 18.3. The number of nitrogens with one attached hydrogen (secondary N) is 1. The predicted octanol–water partition coefficient (Wildman–Crippen LogP) is 1.54. The van der Waals surface area contributed by atoms with Crippen LogP contribution in [0.15, 0.2) is 23.1 Å². The maximum Gasteiger partial charge on any atom is 0.339 e. The van der Waals surface area contributed by atoms with Gasteiger partial charge in [-0.15, -0.1) is 0 Å². The highest BCUT2D eigenvalue weighted by Gasteiger charge is 2.35. The third-order valence-corrected chi connectivity index (χ3v) is 6.02. The van der Waals surface area contributed by atoms with Crippen molar-refractivity contribution in [2.24, 2.45) is 0 Å². The summed E-state index contributed by atoms with van der Waals surface area (Å²) >= 11 is 0. The molecule has 0 bridgehead atoms. The predicted molar refractivity (Wildman–Crippen MR) is 88.0 cm³/mol. The number of sulfonamides is 1. The summed E-state index contributed by atoms with van der Waals surface area (Å²) < 4.78 is 32.6. The van der Waals surface area contributed by atoms with Crippen LogP contribution in [0.2, 0.25) is 0 Å². The Labute approximate surface area is 137 Å². The van der Waals surface area contributed by atoms with E-state index in [1.54, 1.807) is 12.1 Å². The van der Waals surface area contributed by atoms with Crippen LogP contribution in [0.25, 0.3) is 0 Å². The molecule has 1 atom stereocenters. The van der Waals surface area contributed by atoms with Crippen LogP contribution < -0.4 is 5.32 Å². The molecule has 23 heavy (non-hydrogen) atoms. The largest absolute Gasteiger partial charge is 0.465 e. The second-order valence-corrected chi connectivity index (χ2v) is 7.61. The number of benzene rings is 1. The molecule has 0 radical (unpaired) electrons. The van der Waals surface area contributed by atoms with Crippen LogP contribution in [-0.4, -0.2) is 51.5 Å². The van der Waals surface area contributed by atoms with E-state index in [9.17, 15) is 13.2 Å². The van der Waals surface area contributed by atoms with Crippen molar-refractivity contribution in [2.75, 3.05) is 26.7 Å². The van der Waals surface area contributed by atoms with Gasteiger partial charge in [-0.05, 0) is 38.4 Å². The molecule has 0 spiro atoms. The maximum absolute atomic E-state index is 13.2. The topological polar surface area (TPSA) is 75.7 Å². The van der Waals surface area contributed by atoms with E-state index < -0.39 is 16.0 Å². The van der Waals surface area contributed by atoms with Gasteiger partial charge >= 0.3 is 5.97 Å². The van der Waals surface area contributed by atoms with Crippen molar-refractivity contribution in [3.05, 3.63) is 29.3 Å². The molecule has 1 fully saturated rings. The quantitative estimate of drug-likeness (QED) is 0.795. The minimum atomic E-state index is -3.76. The zero-order chi connectivity index (χ0) is 17.0. The summed E-state index contributed by atoms with van der Waals surface area (Å²) in [6.45, 7) is 5.63. The Kier molecular flexibility index (Phi) is 5.78. The van der Waals surface area contributed by atoms with Crippen molar-refractivity contribution in [3.63, 3.8) is 0 Å². The molecular formula is C16H24N2O4S. The van der Waals surface area contributed by atoms with Gasteiger partial charge in [-0.2, -0.15) is 4.31 Å². The first kappa shape index (κ1) is 17.9. The fourth-order valence-corrected chi connectivity index (χ4v) is 4.78. The summed E-state index contributed by atoms with van der Waals surface area (Å²) in [5, 5.41) is 3.19. The van der Waals surface area contributed by atoms with Gasteiger partial charge in [0.25, 0.3) is 0 Å². The average molecular weight is 340 g/mol. The summed E-state index contributed by atoms with van der Waals surface area (Å²) in [4.78, 5) is 12.0. The van der Waals surface area contributed by atoms with Gasteiger partial charge in [0, 0.05) is 19.1 Å². The number of aryl methyl sites for hydroxylation is 1. The number of hydrogen-bond acceptors (Lipinski definition) is 5. The highest BCUT2D eigenvalue weighted by Crippen LogP contribution is 2.26. The first-order chi connectivity index (χ1) is 10.9. The minimum Gasteiger partial charge on any atom is -0.465 e. The Morgan fingerprint density at radius 3 is 2.74 bits per heavy atom. The number of methoxy groups -OCH3 is 1. The number of carbonyl (C=O) groups is 1. The first-order valence-corrected chi connectivity index (χ1v) is 9.27. The van der Waals surface area contributed by atoms with Gasteiger partial charge in [-0.3, -0.25) is 0 Å². The SMILES string of the molecule is CCCN(C1CCNC1)S(=O)(=O)c1ccc(C)cc1C(=O)OC. The lowest BCUT2D eigenvalue weighted by Crippen LogP contribution is -2.42. The van der Waals surface area contributed by atoms with Gasteiger partial charge in [0.2, 0.25) is 10.0 Å². The second kappa shape index (κ2) is 7.42. The molecule has 1 saturated heterocycles. The molecule has 7 heteroatoms. The summed E-state index contributed by atoms with van der Waals surface area (Å²) in [6.07, 6.45) is 1.49. The lowest BCUT2D eigenvalue weighted by atomic mass is 10.1. The molecule has 6 nitrogen and oxygen atoms in total. The van der Waals surface area contributed by atoms with E-state index in [0.29, 0.717) is 13.1 Å². The number of rotatable bonds is 6. The minimum absolute atomic E-state index is 0.0234. The monoisotopic (exact) mass is 340 g/mol. The number of ether oxygens (including phenoxy) is 1. The Morgan fingerprint density at radius 1 is 1.43 bits per heavy atom. The van der Waals surface area contributed by atoms with Crippen molar-refractivity contribution in [1.82, 2.24) is 9.62 Å². The Morgan fingerprint density at radius 2 is 2.17 bits per heavy atom. The fraction of sp³-hybridized carbons (Fsp3) is 0.562. The summed E-state index contributed by atoms with van der Waals surface area (Å²) in [5.74, 6) is -0.631. The number of carbonyl (C=O) groups excluding carboxylic acids is 1. The molecule has 0 aromatic heterocycles. The van der Waals surface area contributed by atoms with Crippen LogP contribution in [0.3, 0.4) is 0 Å². The molecule has 1 unspecified atom stereocenters. The van der Waals surface area contributed by atoms with Gasteiger partial charge in [0.05, 0.1) is 17.6 Å². The van der Waals surface area contributed by atoms with Gasteiger partial charge in [0.1, 0.15) is 0 Å². The average Bonchev–Trinajstić information content (AvgIpc) is 3.05. The fourth-order valence-electron chi connectivity index (χ4n) is 2.87. The molecule has 0 saturated carbocycles. The van der Waals surface area contributed by atoms with Crippen LogP contribution in [0.1, 0.15) is 35.7 Å². The summed E-state index contributed by atoms with van der Waals surface area (Å²) in [7, 11) is -2.50. The third-order valence-electron chi connectivity index (χ3n) is 4.01. The van der Waals surface area contributed by atoms with Crippen LogP contribution in [0, 0.1) is 6.92 Å². The first-order valence-electron chi connectivity index (χ1n) is 7.83. The van der Waals surface area contributed by atoms with E-state index in [4.69, 9.17) is 4.74 Å². The third kappa shape index (κ3) is 3.73. The van der Waals surface area contributed by atoms with E-state index in [-0.39, 0.29) is 16.5 Å². The van der Waals surface area contributed by atoms with Gasteiger partial charge in [-0.25, -0.2) is 13.2 Å². The van der Waals surface area contributed by atoms with Crippen molar-refractivity contribution in [2.45, 2.75) is 37.6 Å². The molecule has 1 aromatic carbocycles. The molecule has 0 amide bonds. The molecule has 1 N–H and O–H groups in total. The van der Waals surface area contributed by atoms with Crippen molar-refractivity contribution in [1.29, 1.82) is 0 Å². The van der Waals surface area contributed by atoms with Crippen LogP contribution in [0.5, 0.6) is 0 Å². The van der Waals surface area contributed by atoms with Crippen LogP contribution >= 0.6 is 0 Å². The molecule has 1 heterocycles. The Hall–Kier alpha value is -1.44. The van der Waals surface area contributed by atoms with Crippen LogP contribution in [-0.2, 0) is 14.8 Å². The lowest BCUT2D eigenvalue weighted by molar-refractivity contribution is 0.0596. The summed E-state index contributed by atoms with van der Waals surface area (Å²) in [6, 6.07) is 4.69. The van der Waals surface area contributed by atoms with E-state index in [1.165, 1.54) is 17.5 Å². The van der Waals surface area contributed by atoms with Gasteiger partial charge in [0.15, 0.2) is 0 Å². The van der Waals surface area contributed by atoms with Gasteiger partial charge < -0.3 is 10.1 Å². The zero-order valence-corrected chi connectivity index (χ0v) is 14.6. The highest BCUT2D eigenvalue weighted by atomic mass is 32.2. The van der Waals surface area contributed by atoms with Crippen molar-refractivity contribution in [3.8, 4) is 0 Å². The Bertz CT molecular complexity index is 667. The number of nitrogens with zero attached hydrogens (tertiary/aromatic N) is 1. The standard InChI is InChI=1S/C16H24N2O4S/c1-4-9-18(13-7-8-17-11-13)23(20,21)15-6-5-12(2)10-14(15)16(19)22-3/h5-6,10,13,17H,4,7-9,11H2,1-3H3.